The van der Waals surface area contributed by atoms with Crippen LogP contribution in [0.15, 0.2) is 6.33 Å². The van der Waals surface area contributed by atoms with Crippen LogP contribution in [0.3, 0.4) is 0 Å². The van der Waals surface area contributed by atoms with Crippen LogP contribution in [-0.4, -0.2) is 63.2 Å². The summed E-state index contributed by atoms with van der Waals surface area (Å²) in [6.07, 6.45) is 2.48. The fourth-order valence-electron chi connectivity index (χ4n) is 2.31. The van der Waals surface area contributed by atoms with Gasteiger partial charge >= 0.3 is 0 Å². The van der Waals surface area contributed by atoms with Crippen LogP contribution in [-0.2, 0) is 18.2 Å². The third kappa shape index (κ3) is 3.28. The van der Waals surface area contributed by atoms with Crippen LogP contribution in [0.2, 0.25) is 0 Å². The first-order valence-electron chi connectivity index (χ1n) is 6.55. The van der Waals surface area contributed by atoms with Gasteiger partial charge in [0.2, 0.25) is 0 Å². The molecular weight excluding hydrogens is 232 g/mol. The number of aromatic nitrogens is 3. The Morgan fingerprint density at radius 1 is 1.61 bits per heavy atom. The third-order valence-corrected chi connectivity index (χ3v) is 3.34. The molecule has 0 bridgehead atoms. The van der Waals surface area contributed by atoms with Crippen LogP contribution in [0.1, 0.15) is 19.2 Å². The predicted octanol–water partition coefficient (Wildman–Crippen LogP) is -0.171. The number of aryl methyl sites for hydroxylation is 1. The van der Waals surface area contributed by atoms with Crippen molar-refractivity contribution in [3.8, 4) is 0 Å². The van der Waals surface area contributed by atoms with E-state index in [1.165, 1.54) is 6.33 Å². The molecule has 2 rings (SSSR count). The molecule has 2 atom stereocenters. The number of rotatable bonds is 5. The van der Waals surface area contributed by atoms with Gasteiger partial charge in [-0.25, -0.2) is 4.98 Å². The molecular formula is C12H22N4O2. The molecule has 1 aromatic rings. The Kier molecular flexibility index (Phi) is 4.68. The SMILES string of the molecule is CCCN1CCOC(C(O)Cc2ncnn2C)C1. The van der Waals surface area contributed by atoms with E-state index in [1.54, 1.807) is 4.68 Å². The van der Waals surface area contributed by atoms with Gasteiger partial charge in [-0.3, -0.25) is 9.58 Å². The van der Waals surface area contributed by atoms with Crippen LogP contribution in [0.25, 0.3) is 0 Å². The summed E-state index contributed by atoms with van der Waals surface area (Å²) in [6, 6.07) is 0. The number of aliphatic hydroxyl groups is 1. The molecule has 1 aromatic heterocycles. The zero-order chi connectivity index (χ0) is 13.0. The second kappa shape index (κ2) is 6.26. The van der Waals surface area contributed by atoms with Crippen molar-refractivity contribution < 1.29 is 9.84 Å². The normalized spacial score (nSPS) is 23.2. The van der Waals surface area contributed by atoms with Crippen molar-refractivity contribution in [3.05, 3.63) is 12.2 Å². The minimum Gasteiger partial charge on any atom is -0.390 e. The topological polar surface area (TPSA) is 63.4 Å². The van der Waals surface area contributed by atoms with E-state index in [9.17, 15) is 5.11 Å². The molecule has 6 heteroatoms. The highest BCUT2D eigenvalue weighted by Crippen LogP contribution is 2.12. The highest BCUT2D eigenvalue weighted by atomic mass is 16.5. The van der Waals surface area contributed by atoms with Gasteiger partial charge in [-0.05, 0) is 13.0 Å². The number of nitrogens with zero attached hydrogens (tertiary/aromatic N) is 4. The fourth-order valence-corrected chi connectivity index (χ4v) is 2.31. The average Bonchev–Trinajstić information content (AvgIpc) is 2.76. The summed E-state index contributed by atoms with van der Waals surface area (Å²) in [6.45, 7) is 5.69. The lowest BCUT2D eigenvalue weighted by Gasteiger charge is -2.34. The molecule has 1 aliphatic heterocycles. The van der Waals surface area contributed by atoms with Crippen molar-refractivity contribution in [2.24, 2.45) is 7.05 Å². The van der Waals surface area contributed by atoms with Gasteiger partial charge in [0.05, 0.1) is 18.8 Å². The van der Waals surface area contributed by atoms with E-state index in [0.717, 1.165) is 31.9 Å². The van der Waals surface area contributed by atoms with Crippen LogP contribution in [0, 0.1) is 0 Å². The zero-order valence-electron chi connectivity index (χ0n) is 11.1. The Labute approximate surface area is 108 Å². The van der Waals surface area contributed by atoms with E-state index < -0.39 is 6.10 Å². The molecule has 1 fully saturated rings. The standard InChI is InChI=1S/C12H22N4O2/c1-3-4-16-5-6-18-11(8-16)10(17)7-12-13-9-14-15(12)2/h9-11,17H,3-8H2,1-2H3. The van der Waals surface area contributed by atoms with Gasteiger partial charge in [0.1, 0.15) is 12.2 Å². The average molecular weight is 254 g/mol. The zero-order valence-corrected chi connectivity index (χ0v) is 11.1. The number of aliphatic hydroxyl groups excluding tert-OH is 1. The first-order chi connectivity index (χ1) is 8.70. The third-order valence-electron chi connectivity index (χ3n) is 3.34. The Morgan fingerprint density at radius 3 is 3.11 bits per heavy atom. The predicted molar refractivity (Wildman–Crippen MR) is 67.2 cm³/mol. The first-order valence-corrected chi connectivity index (χ1v) is 6.55. The molecule has 0 amide bonds. The Balaban J connectivity index is 1.88. The van der Waals surface area contributed by atoms with Gasteiger partial charge < -0.3 is 9.84 Å². The Hall–Kier alpha value is -0.980. The minimum absolute atomic E-state index is 0.123. The summed E-state index contributed by atoms with van der Waals surface area (Å²) in [5.74, 6) is 0.790. The molecule has 0 aliphatic carbocycles. The highest BCUT2D eigenvalue weighted by Gasteiger charge is 2.27. The van der Waals surface area contributed by atoms with Crippen LogP contribution in [0.4, 0.5) is 0 Å². The van der Waals surface area contributed by atoms with Gasteiger partial charge in [0.25, 0.3) is 0 Å². The Bertz CT molecular complexity index is 367. The van der Waals surface area contributed by atoms with E-state index in [-0.39, 0.29) is 6.10 Å². The summed E-state index contributed by atoms with van der Waals surface area (Å²) in [5, 5.41) is 14.2. The molecule has 1 saturated heterocycles. The molecule has 0 saturated carbocycles. The molecule has 102 valence electrons. The van der Waals surface area contributed by atoms with E-state index in [1.807, 2.05) is 7.05 Å². The second-order valence-electron chi connectivity index (χ2n) is 4.78. The van der Waals surface area contributed by atoms with Gasteiger partial charge in [-0.2, -0.15) is 5.10 Å². The lowest BCUT2D eigenvalue weighted by Crippen LogP contribution is -2.48. The van der Waals surface area contributed by atoms with Gasteiger partial charge in [-0.15, -0.1) is 0 Å². The van der Waals surface area contributed by atoms with Crippen LogP contribution in [0.5, 0.6) is 0 Å². The van der Waals surface area contributed by atoms with E-state index in [0.29, 0.717) is 13.0 Å². The second-order valence-corrected chi connectivity index (χ2v) is 4.78. The molecule has 0 aromatic carbocycles. The minimum atomic E-state index is -0.521. The molecule has 0 spiro atoms. The maximum atomic E-state index is 10.2. The van der Waals surface area contributed by atoms with E-state index >= 15 is 0 Å². The first kappa shape index (κ1) is 13.5. The smallest absolute Gasteiger partial charge is 0.138 e. The summed E-state index contributed by atoms with van der Waals surface area (Å²) >= 11 is 0. The van der Waals surface area contributed by atoms with Crippen molar-refractivity contribution in [3.63, 3.8) is 0 Å². The number of hydrogen-bond donors (Lipinski definition) is 1. The highest BCUT2D eigenvalue weighted by molar-refractivity contribution is 4.90. The summed E-state index contributed by atoms with van der Waals surface area (Å²) in [7, 11) is 1.83. The van der Waals surface area contributed by atoms with Crippen LogP contribution < -0.4 is 0 Å². The Morgan fingerprint density at radius 2 is 2.44 bits per heavy atom. The monoisotopic (exact) mass is 254 g/mol. The van der Waals surface area contributed by atoms with Crippen LogP contribution >= 0.6 is 0 Å². The van der Waals surface area contributed by atoms with Crippen molar-refractivity contribution in [2.45, 2.75) is 32.0 Å². The van der Waals surface area contributed by atoms with Crippen molar-refractivity contribution >= 4 is 0 Å². The van der Waals surface area contributed by atoms with Gasteiger partial charge in [0, 0.05) is 26.6 Å². The number of ether oxygens (including phenoxy) is 1. The molecule has 1 aliphatic rings. The van der Waals surface area contributed by atoms with Crippen molar-refractivity contribution in [1.82, 2.24) is 19.7 Å². The lowest BCUT2D eigenvalue weighted by atomic mass is 10.1. The molecule has 2 heterocycles. The molecule has 6 nitrogen and oxygen atoms in total. The van der Waals surface area contributed by atoms with E-state index in [2.05, 4.69) is 21.9 Å². The molecule has 18 heavy (non-hydrogen) atoms. The summed E-state index contributed by atoms with van der Waals surface area (Å²) in [5.41, 5.74) is 0. The van der Waals surface area contributed by atoms with Crippen molar-refractivity contribution in [2.75, 3.05) is 26.2 Å². The van der Waals surface area contributed by atoms with Gasteiger partial charge in [0.15, 0.2) is 0 Å². The number of hydrogen-bond acceptors (Lipinski definition) is 5. The maximum absolute atomic E-state index is 10.2. The summed E-state index contributed by atoms with van der Waals surface area (Å²) < 4.78 is 7.35. The molecule has 1 N–H and O–H groups in total. The number of morpholine rings is 1. The quantitative estimate of drug-likeness (QED) is 0.790. The van der Waals surface area contributed by atoms with Crippen molar-refractivity contribution in [1.29, 1.82) is 0 Å². The van der Waals surface area contributed by atoms with Gasteiger partial charge in [-0.1, -0.05) is 6.92 Å². The maximum Gasteiger partial charge on any atom is 0.138 e. The summed E-state index contributed by atoms with van der Waals surface area (Å²) in [4.78, 5) is 6.47. The fraction of sp³-hybridized carbons (Fsp3) is 0.833. The molecule has 2 unspecified atom stereocenters. The lowest BCUT2D eigenvalue weighted by molar-refractivity contribution is -0.0883. The van der Waals surface area contributed by atoms with E-state index in [4.69, 9.17) is 4.74 Å². The molecule has 0 radical (unpaired) electrons. The largest absolute Gasteiger partial charge is 0.390 e.